The number of amides is 1. The van der Waals surface area contributed by atoms with Crippen molar-refractivity contribution >= 4 is 12.1 Å². The fourth-order valence-electron chi connectivity index (χ4n) is 0.968. The number of hydrogen-bond acceptors (Lipinski definition) is 6. The summed E-state index contributed by atoms with van der Waals surface area (Å²) in [7, 11) is 1.09. The molecule has 0 aromatic heterocycles. The maximum Gasteiger partial charge on any atom is 0.408 e. The van der Waals surface area contributed by atoms with E-state index in [4.69, 9.17) is 9.84 Å². The second-order valence-corrected chi connectivity index (χ2v) is 4.40. The molecule has 7 heteroatoms. The van der Waals surface area contributed by atoms with Crippen LogP contribution in [-0.2, 0) is 14.3 Å². The van der Waals surface area contributed by atoms with Gasteiger partial charge in [-0.25, -0.2) is 9.59 Å². The molecule has 100 valence electrons. The highest BCUT2D eigenvalue weighted by Crippen LogP contribution is 2.07. The summed E-state index contributed by atoms with van der Waals surface area (Å²) in [6, 6.07) is -1.17. The van der Waals surface area contributed by atoms with Crippen molar-refractivity contribution in [2.24, 2.45) is 0 Å². The summed E-state index contributed by atoms with van der Waals surface area (Å²) < 4.78 is 9.19. The largest absolute Gasteiger partial charge is 0.467 e. The van der Waals surface area contributed by atoms with Crippen LogP contribution in [0, 0.1) is 0 Å². The van der Waals surface area contributed by atoms with E-state index in [1.165, 1.54) is 0 Å². The minimum atomic E-state index is -1.64. The second kappa shape index (κ2) is 6.41. The van der Waals surface area contributed by atoms with Gasteiger partial charge in [0, 0.05) is 0 Å². The van der Waals surface area contributed by atoms with E-state index in [2.05, 4.69) is 10.1 Å². The molecular formula is C10H19NO6. The highest BCUT2D eigenvalue weighted by atomic mass is 16.6. The number of hydrogen-bond donors (Lipinski definition) is 3. The number of nitrogens with one attached hydrogen (secondary N) is 1. The van der Waals surface area contributed by atoms with Crippen LogP contribution < -0.4 is 5.32 Å². The van der Waals surface area contributed by atoms with Crippen molar-refractivity contribution < 1.29 is 29.3 Å². The Balaban J connectivity index is 4.40. The van der Waals surface area contributed by atoms with Crippen molar-refractivity contribution in [3.63, 3.8) is 0 Å². The molecule has 0 heterocycles. The highest BCUT2D eigenvalue weighted by molar-refractivity contribution is 5.76. The molecule has 0 spiro atoms. The second-order valence-electron chi connectivity index (χ2n) is 4.40. The Labute approximate surface area is 99.7 Å². The van der Waals surface area contributed by atoms with Gasteiger partial charge in [-0.3, -0.25) is 0 Å². The molecule has 1 amide bonds. The van der Waals surface area contributed by atoms with E-state index in [9.17, 15) is 14.7 Å². The van der Waals surface area contributed by atoms with Gasteiger partial charge in [0.05, 0.1) is 19.8 Å². The number of ether oxygens (including phenoxy) is 2. The quantitative estimate of drug-likeness (QED) is 0.575. The first-order chi connectivity index (χ1) is 7.71. The lowest BCUT2D eigenvalue weighted by atomic mass is 10.2. The van der Waals surface area contributed by atoms with Gasteiger partial charge in [0.25, 0.3) is 0 Å². The van der Waals surface area contributed by atoms with E-state index in [0.29, 0.717) is 0 Å². The topological polar surface area (TPSA) is 105 Å². The van der Waals surface area contributed by atoms with Crippen molar-refractivity contribution in [2.75, 3.05) is 13.7 Å². The number of aliphatic hydroxyl groups is 2. The van der Waals surface area contributed by atoms with Gasteiger partial charge in [-0.15, -0.1) is 0 Å². The van der Waals surface area contributed by atoms with E-state index in [1.807, 2.05) is 0 Å². The molecule has 0 radical (unpaired) electrons. The van der Waals surface area contributed by atoms with Crippen molar-refractivity contribution in [3.8, 4) is 0 Å². The zero-order chi connectivity index (χ0) is 13.6. The zero-order valence-electron chi connectivity index (χ0n) is 10.4. The maximum atomic E-state index is 11.3. The number of carbonyl (C=O) groups excluding carboxylic acids is 2. The SMILES string of the molecule is COC(=O)C(O)C(CO)NC(=O)OC(C)(C)C. The fraction of sp³-hybridized carbons (Fsp3) is 0.800. The highest BCUT2D eigenvalue weighted by Gasteiger charge is 2.29. The predicted molar refractivity (Wildman–Crippen MR) is 58.3 cm³/mol. The molecule has 0 bridgehead atoms. The van der Waals surface area contributed by atoms with Gasteiger partial charge in [0.1, 0.15) is 5.60 Å². The first-order valence-corrected chi connectivity index (χ1v) is 5.07. The van der Waals surface area contributed by atoms with Gasteiger partial charge >= 0.3 is 12.1 Å². The van der Waals surface area contributed by atoms with E-state index < -0.39 is 36.4 Å². The summed E-state index contributed by atoms with van der Waals surface area (Å²) in [5.41, 5.74) is -0.708. The smallest absolute Gasteiger partial charge is 0.408 e. The number of aliphatic hydroxyl groups excluding tert-OH is 2. The average molecular weight is 249 g/mol. The summed E-state index contributed by atoms with van der Waals surface area (Å²) in [6.45, 7) is 4.38. The molecule has 0 saturated heterocycles. The summed E-state index contributed by atoms with van der Waals surface area (Å²) in [6.07, 6.45) is -2.47. The maximum absolute atomic E-state index is 11.3. The molecular weight excluding hydrogens is 230 g/mol. The summed E-state index contributed by atoms with van der Waals surface area (Å²) in [4.78, 5) is 22.3. The third kappa shape index (κ3) is 6.08. The van der Waals surface area contributed by atoms with E-state index >= 15 is 0 Å². The van der Waals surface area contributed by atoms with Crippen LogP contribution in [0.3, 0.4) is 0 Å². The number of methoxy groups -OCH3 is 1. The van der Waals surface area contributed by atoms with Crippen molar-refractivity contribution in [1.29, 1.82) is 0 Å². The summed E-state index contributed by atoms with van der Waals surface area (Å²) in [5, 5.41) is 20.5. The van der Waals surface area contributed by atoms with Crippen molar-refractivity contribution in [3.05, 3.63) is 0 Å². The van der Waals surface area contributed by atoms with Gasteiger partial charge in [-0.1, -0.05) is 0 Å². The Morgan fingerprint density at radius 3 is 2.24 bits per heavy atom. The van der Waals surface area contributed by atoms with Crippen molar-refractivity contribution in [2.45, 2.75) is 38.5 Å². The Hall–Kier alpha value is -1.34. The third-order valence-electron chi connectivity index (χ3n) is 1.72. The van der Waals surface area contributed by atoms with E-state index in [0.717, 1.165) is 7.11 Å². The molecule has 2 unspecified atom stereocenters. The Morgan fingerprint density at radius 2 is 1.88 bits per heavy atom. The molecule has 0 rings (SSSR count). The lowest BCUT2D eigenvalue weighted by molar-refractivity contribution is -0.152. The molecule has 7 nitrogen and oxygen atoms in total. The van der Waals surface area contributed by atoms with Crippen LogP contribution in [-0.4, -0.2) is 53.7 Å². The molecule has 2 atom stereocenters. The molecule has 0 aromatic rings. The third-order valence-corrected chi connectivity index (χ3v) is 1.72. The van der Waals surface area contributed by atoms with E-state index in [1.54, 1.807) is 20.8 Å². The van der Waals surface area contributed by atoms with Gasteiger partial charge in [-0.05, 0) is 20.8 Å². The van der Waals surface area contributed by atoms with Crippen LogP contribution in [0.15, 0.2) is 0 Å². The van der Waals surface area contributed by atoms with Crippen LogP contribution in [0.25, 0.3) is 0 Å². The lowest BCUT2D eigenvalue weighted by Gasteiger charge is -2.24. The molecule has 0 aliphatic carbocycles. The van der Waals surface area contributed by atoms with Gasteiger partial charge in [0.15, 0.2) is 6.10 Å². The zero-order valence-corrected chi connectivity index (χ0v) is 10.4. The molecule has 3 N–H and O–H groups in total. The van der Waals surface area contributed by atoms with Crippen LogP contribution >= 0.6 is 0 Å². The van der Waals surface area contributed by atoms with Crippen LogP contribution in [0.1, 0.15) is 20.8 Å². The molecule has 0 aromatic carbocycles. The number of rotatable bonds is 4. The first kappa shape index (κ1) is 15.7. The average Bonchev–Trinajstić information content (AvgIpc) is 2.21. The molecule has 0 saturated carbocycles. The molecule has 0 fully saturated rings. The Morgan fingerprint density at radius 1 is 1.35 bits per heavy atom. The van der Waals surface area contributed by atoms with Gasteiger partial charge in [0.2, 0.25) is 0 Å². The molecule has 0 aliphatic heterocycles. The minimum Gasteiger partial charge on any atom is -0.467 e. The molecule has 0 aliphatic rings. The standard InChI is InChI=1S/C10H19NO6/c1-10(2,3)17-9(15)11-6(5-12)7(13)8(14)16-4/h6-7,12-13H,5H2,1-4H3,(H,11,15). The fourth-order valence-corrected chi connectivity index (χ4v) is 0.968. The number of carbonyl (C=O) groups is 2. The Kier molecular flexibility index (Phi) is 5.90. The monoisotopic (exact) mass is 249 g/mol. The predicted octanol–water partition coefficient (Wildman–Crippen LogP) is -0.594. The minimum absolute atomic E-state index is 0.616. The van der Waals surface area contributed by atoms with Crippen LogP contribution in [0.2, 0.25) is 0 Å². The van der Waals surface area contributed by atoms with Crippen LogP contribution in [0.4, 0.5) is 4.79 Å². The van der Waals surface area contributed by atoms with Gasteiger partial charge in [-0.2, -0.15) is 0 Å². The number of esters is 1. The molecule has 17 heavy (non-hydrogen) atoms. The van der Waals surface area contributed by atoms with Crippen LogP contribution in [0.5, 0.6) is 0 Å². The summed E-state index contributed by atoms with van der Waals surface area (Å²) >= 11 is 0. The Bertz CT molecular complexity index is 272. The number of alkyl carbamates (subject to hydrolysis) is 1. The van der Waals surface area contributed by atoms with Crippen molar-refractivity contribution in [1.82, 2.24) is 5.32 Å². The first-order valence-electron chi connectivity index (χ1n) is 5.07. The van der Waals surface area contributed by atoms with Gasteiger partial charge < -0.3 is 25.0 Å². The lowest BCUT2D eigenvalue weighted by Crippen LogP contribution is -2.50. The summed E-state index contributed by atoms with van der Waals surface area (Å²) in [5.74, 6) is -0.944. The normalized spacial score (nSPS) is 14.7. The van der Waals surface area contributed by atoms with E-state index in [-0.39, 0.29) is 0 Å².